The quantitative estimate of drug-likeness (QED) is 0.492. The average molecular weight is 213 g/mol. The van der Waals surface area contributed by atoms with Gasteiger partial charge in [0.1, 0.15) is 6.54 Å². The van der Waals surface area contributed by atoms with E-state index in [9.17, 15) is 9.59 Å². The topological polar surface area (TPSA) is 46.6 Å². The van der Waals surface area contributed by atoms with Crippen molar-refractivity contribution in [3.8, 4) is 0 Å². The van der Waals surface area contributed by atoms with Crippen LogP contribution in [0, 0.1) is 5.92 Å². The average Bonchev–Trinajstić information content (AvgIpc) is 2.15. The van der Waals surface area contributed by atoms with E-state index in [1.807, 2.05) is 13.8 Å². The summed E-state index contributed by atoms with van der Waals surface area (Å²) in [5.41, 5.74) is 0. The lowest BCUT2D eigenvalue weighted by molar-refractivity contribution is -0.147. The molecule has 1 amide bonds. The van der Waals surface area contributed by atoms with Crippen molar-refractivity contribution in [1.82, 2.24) is 4.90 Å². The van der Waals surface area contributed by atoms with Gasteiger partial charge in [-0.05, 0) is 18.9 Å². The van der Waals surface area contributed by atoms with Gasteiger partial charge in [0.2, 0.25) is 5.91 Å². The summed E-state index contributed by atoms with van der Waals surface area (Å²) in [6.45, 7) is 9.95. The lowest BCUT2D eigenvalue weighted by Crippen LogP contribution is -2.37. The number of hydrogen-bond donors (Lipinski definition) is 0. The summed E-state index contributed by atoms with van der Waals surface area (Å²) in [6, 6.07) is 0. The molecule has 0 bridgehead atoms. The Morgan fingerprint density at radius 1 is 1.47 bits per heavy atom. The Morgan fingerprint density at radius 3 is 2.47 bits per heavy atom. The van der Waals surface area contributed by atoms with Crippen molar-refractivity contribution in [2.75, 3.05) is 19.7 Å². The molecule has 0 aliphatic rings. The van der Waals surface area contributed by atoms with Gasteiger partial charge >= 0.3 is 5.97 Å². The molecule has 86 valence electrons. The molecule has 0 rings (SSSR count). The highest BCUT2D eigenvalue weighted by Crippen LogP contribution is 2.00. The van der Waals surface area contributed by atoms with Gasteiger partial charge in [0, 0.05) is 6.54 Å². The van der Waals surface area contributed by atoms with Crippen molar-refractivity contribution in [3.63, 3.8) is 0 Å². The standard InChI is InChI=1S/C11H19NO3/c1-5-10(13)12(7-9(3)4)8-11(14)15-6-2/h5,9H,1,6-8H2,2-4H3. The van der Waals surface area contributed by atoms with Crippen LogP contribution in [-0.4, -0.2) is 36.5 Å². The molecule has 0 heterocycles. The molecule has 0 radical (unpaired) electrons. The molecule has 0 fully saturated rings. The first-order valence-electron chi connectivity index (χ1n) is 5.08. The molecule has 0 aromatic rings. The molecule has 0 aromatic heterocycles. The van der Waals surface area contributed by atoms with Gasteiger partial charge in [0.05, 0.1) is 6.61 Å². The molecule has 0 spiro atoms. The van der Waals surface area contributed by atoms with E-state index in [-0.39, 0.29) is 18.4 Å². The summed E-state index contributed by atoms with van der Waals surface area (Å²) >= 11 is 0. The zero-order chi connectivity index (χ0) is 11.8. The predicted octanol–water partition coefficient (Wildman–Crippen LogP) is 1.22. The van der Waals surface area contributed by atoms with E-state index in [1.54, 1.807) is 6.92 Å². The first kappa shape index (κ1) is 13.7. The Kier molecular flexibility index (Phi) is 6.42. The maximum absolute atomic E-state index is 11.4. The van der Waals surface area contributed by atoms with Crippen molar-refractivity contribution >= 4 is 11.9 Å². The summed E-state index contributed by atoms with van der Waals surface area (Å²) in [4.78, 5) is 24.0. The van der Waals surface area contributed by atoms with Crippen LogP contribution in [0.5, 0.6) is 0 Å². The molecule has 0 saturated heterocycles. The molecule has 4 nitrogen and oxygen atoms in total. The minimum absolute atomic E-state index is 0.00310. The fraction of sp³-hybridized carbons (Fsp3) is 0.636. The molecule has 0 aliphatic carbocycles. The molecule has 0 unspecified atom stereocenters. The fourth-order valence-electron chi connectivity index (χ4n) is 1.16. The summed E-state index contributed by atoms with van der Waals surface area (Å²) in [6.07, 6.45) is 1.21. The van der Waals surface area contributed by atoms with Crippen LogP contribution in [0.1, 0.15) is 20.8 Å². The lowest BCUT2D eigenvalue weighted by Gasteiger charge is -2.21. The van der Waals surface area contributed by atoms with E-state index < -0.39 is 0 Å². The largest absolute Gasteiger partial charge is 0.465 e. The minimum Gasteiger partial charge on any atom is -0.465 e. The molecule has 0 aliphatic heterocycles. The van der Waals surface area contributed by atoms with E-state index in [1.165, 1.54) is 11.0 Å². The lowest BCUT2D eigenvalue weighted by atomic mass is 10.2. The van der Waals surface area contributed by atoms with Crippen LogP contribution in [0.2, 0.25) is 0 Å². The number of carbonyl (C=O) groups is 2. The van der Waals surface area contributed by atoms with Crippen LogP contribution in [0.15, 0.2) is 12.7 Å². The molecule has 0 saturated carbocycles. The third-order valence-electron chi connectivity index (χ3n) is 1.70. The highest BCUT2D eigenvalue weighted by molar-refractivity contribution is 5.89. The molecule has 0 aromatic carbocycles. The minimum atomic E-state index is -0.381. The second-order valence-corrected chi connectivity index (χ2v) is 3.62. The number of esters is 1. The van der Waals surface area contributed by atoms with Crippen LogP contribution >= 0.6 is 0 Å². The van der Waals surface area contributed by atoms with E-state index in [2.05, 4.69) is 6.58 Å². The Morgan fingerprint density at radius 2 is 2.07 bits per heavy atom. The van der Waals surface area contributed by atoms with Crippen LogP contribution < -0.4 is 0 Å². The zero-order valence-electron chi connectivity index (χ0n) is 9.66. The normalized spacial score (nSPS) is 9.87. The Labute approximate surface area is 90.9 Å². The van der Waals surface area contributed by atoms with E-state index in [4.69, 9.17) is 4.74 Å². The highest BCUT2D eigenvalue weighted by Gasteiger charge is 2.16. The predicted molar refractivity (Wildman–Crippen MR) is 58.2 cm³/mol. The first-order valence-corrected chi connectivity index (χ1v) is 5.08. The number of carbonyl (C=O) groups excluding carboxylic acids is 2. The number of nitrogens with zero attached hydrogens (tertiary/aromatic N) is 1. The van der Waals surface area contributed by atoms with Gasteiger partial charge in [-0.25, -0.2) is 0 Å². The molecular formula is C11H19NO3. The van der Waals surface area contributed by atoms with Crippen molar-refractivity contribution in [2.45, 2.75) is 20.8 Å². The maximum Gasteiger partial charge on any atom is 0.325 e. The van der Waals surface area contributed by atoms with Gasteiger partial charge in [-0.2, -0.15) is 0 Å². The maximum atomic E-state index is 11.4. The Bertz CT molecular complexity index is 236. The van der Waals surface area contributed by atoms with Gasteiger partial charge in [0.25, 0.3) is 0 Å². The third-order valence-corrected chi connectivity index (χ3v) is 1.70. The van der Waals surface area contributed by atoms with E-state index in [0.717, 1.165) is 0 Å². The SMILES string of the molecule is C=CC(=O)N(CC(=O)OCC)CC(C)C. The first-order chi connectivity index (χ1) is 7.01. The van der Waals surface area contributed by atoms with E-state index in [0.29, 0.717) is 19.1 Å². The second-order valence-electron chi connectivity index (χ2n) is 3.62. The van der Waals surface area contributed by atoms with Crippen LogP contribution in [0.4, 0.5) is 0 Å². The molecule has 15 heavy (non-hydrogen) atoms. The highest BCUT2D eigenvalue weighted by atomic mass is 16.5. The Hall–Kier alpha value is -1.32. The van der Waals surface area contributed by atoms with Crippen LogP contribution in [0.25, 0.3) is 0 Å². The van der Waals surface area contributed by atoms with Crippen molar-refractivity contribution in [2.24, 2.45) is 5.92 Å². The number of ether oxygens (including phenoxy) is 1. The summed E-state index contributed by atoms with van der Waals surface area (Å²) in [7, 11) is 0. The van der Waals surface area contributed by atoms with Gasteiger partial charge in [-0.3, -0.25) is 9.59 Å². The van der Waals surface area contributed by atoms with Crippen molar-refractivity contribution in [1.29, 1.82) is 0 Å². The molecular weight excluding hydrogens is 194 g/mol. The van der Waals surface area contributed by atoms with E-state index >= 15 is 0 Å². The fourth-order valence-corrected chi connectivity index (χ4v) is 1.16. The monoisotopic (exact) mass is 213 g/mol. The number of amides is 1. The summed E-state index contributed by atoms with van der Waals surface area (Å²) in [5, 5.41) is 0. The van der Waals surface area contributed by atoms with Gasteiger partial charge in [0.15, 0.2) is 0 Å². The van der Waals surface area contributed by atoms with Crippen LogP contribution in [-0.2, 0) is 14.3 Å². The van der Waals surface area contributed by atoms with Crippen molar-refractivity contribution < 1.29 is 14.3 Å². The van der Waals surface area contributed by atoms with Crippen molar-refractivity contribution in [3.05, 3.63) is 12.7 Å². The summed E-state index contributed by atoms with van der Waals surface area (Å²) in [5.74, 6) is -0.312. The van der Waals surface area contributed by atoms with Gasteiger partial charge < -0.3 is 9.64 Å². The summed E-state index contributed by atoms with van der Waals surface area (Å²) < 4.78 is 4.78. The number of hydrogen-bond acceptors (Lipinski definition) is 3. The molecule has 0 N–H and O–H groups in total. The molecule has 0 atom stereocenters. The molecule has 4 heteroatoms. The Balaban J connectivity index is 4.30. The van der Waals surface area contributed by atoms with Gasteiger partial charge in [-0.1, -0.05) is 20.4 Å². The second kappa shape index (κ2) is 7.04. The zero-order valence-corrected chi connectivity index (χ0v) is 9.66. The number of rotatable bonds is 6. The third kappa shape index (κ3) is 5.88. The smallest absolute Gasteiger partial charge is 0.325 e. The van der Waals surface area contributed by atoms with Crippen LogP contribution in [0.3, 0.4) is 0 Å². The van der Waals surface area contributed by atoms with Gasteiger partial charge in [-0.15, -0.1) is 0 Å².